The molecule has 0 aliphatic carbocycles. The molecular formula is C17H16N2O5. The maximum Gasteiger partial charge on any atom is 0.338 e. The topological polar surface area (TPSA) is 98.5 Å². The van der Waals surface area contributed by atoms with Crippen molar-refractivity contribution in [3.05, 3.63) is 69.8 Å². The molecule has 0 spiro atoms. The minimum atomic E-state index is -0.530. The van der Waals surface area contributed by atoms with Crippen LogP contribution in [0.15, 0.2) is 48.5 Å². The van der Waals surface area contributed by atoms with E-state index in [0.29, 0.717) is 23.4 Å². The number of amides is 1. The zero-order valence-electron chi connectivity index (χ0n) is 13.0. The van der Waals surface area contributed by atoms with Crippen LogP contribution in [0.3, 0.4) is 0 Å². The van der Waals surface area contributed by atoms with Crippen molar-refractivity contribution in [3.8, 4) is 0 Å². The van der Waals surface area contributed by atoms with E-state index in [0.717, 1.165) is 6.42 Å². The van der Waals surface area contributed by atoms with Crippen LogP contribution in [0.4, 0.5) is 11.4 Å². The van der Waals surface area contributed by atoms with Gasteiger partial charge in [-0.2, -0.15) is 0 Å². The van der Waals surface area contributed by atoms with Crippen LogP contribution in [0.2, 0.25) is 0 Å². The summed E-state index contributed by atoms with van der Waals surface area (Å²) >= 11 is 0. The Morgan fingerprint density at radius 2 is 1.62 bits per heavy atom. The van der Waals surface area contributed by atoms with Gasteiger partial charge in [-0.15, -0.1) is 0 Å². The van der Waals surface area contributed by atoms with Crippen LogP contribution in [-0.2, 0) is 4.74 Å². The number of non-ortho nitro benzene ring substituents is 1. The summed E-state index contributed by atoms with van der Waals surface area (Å²) in [6.45, 7) is 2.27. The predicted molar refractivity (Wildman–Crippen MR) is 88.1 cm³/mol. The first-order valence-corrected chi connectivity index (χ1v) is 7.34. The van der Waals surface area contributed by atoms with Crippen LogP contribution in [0.1, 0.15) is 34.1 Å². The van der Waals surface area contributed by atoms with Crippen molar-refractivity contribution in [2.75, 3.05) is 11.9 Å². The van der Waals surface area contributed by atoms with Gasteiger partial charge in [0.1, 0.15) is 0 Å². The number of rotatable bonds is 6. The summed E-state index contributed by atoms with van der Waals surface area (Å²) in [5, 5.41) is 13.2. The summed E-state index contributed by atoms with van der Waals surface area (Å²) in [7, 11) is 0. The third-order valence-electron chi connectivity index (χ3n) is 3.16. The number of nitro groups is 1. The van der Waals surface area contributed by atoms with Crippen LogP contribution in [0.5, 0.6) is 0 Å². The summed E-state index contributed by atoms with van der Waals surface area (Å²) in [5.74, 6) is -0.809. The van der Waals surface area contributed by atoms with Gasteiger partial charge in [0.2, 0.25) is 0 Å². The van der Waals surface area contributed by atoms with Crippen molar-refractivity contribution in [3.63, 3.8) is 0 Å². The molecule has 0 fully saturated rings. The van der Waals surface area contributed by atoms with E-state index in [1.165, 1.54) is 24.3 Å². The maximum atomic E-state index is 12.1. The van der Waals surface area contributed by atoms with E-state index in [4.69, 9.17) is 4.74 Å². The summed E-state index contributed by atoms with van der Waals surface area (Å²) in [4.78, 5) is 33.8. The number of ether oxygens (including phenoxy) is 1. The number of benzene rings is 2. The number of hydrogen-bond acceptors (Lipinski definition) is 5. The van der Waals surface area contributed by atoms with Gasteiger partial charge < -0.3 is 10.1 Å². The molecular weight excluding hydrogens is 312 g/mol. The fourth-order valence-corrected chi connectivity index (χ4v) is 1.91. The van der Waals surface area contributed by atoms with Gasteiger partial charge in [0.15, 0.2) is 0 Å². The first-order chi connectivity index (χ1) is 11.5. The molecule has 1 N–H and O–H groups in total. The van der Waals surface area contributed by atoms with Crippen molar-refractivity contribution >= 4 is 23.3 Å². The molecule has 0 radical (unpaired) electrons. The molecule has 0 aliphatic rings. The third kappa shape index (κ3) is 4.39. The lowest BCUT2D eigenvalue weighted by Crippen LogP contribution is -2.12. The van der Waals surface area contributed by atoms with Gasteiger partial charge in [-0.3, -0.25) is 14.9 Å². The molecule has 7 heteroatoms. The Hall–Kier alpha value is -3.22. The Morgan fingerprint density at radius 3 is 2.17 bits per heavy atom. The summed E-state index contributed by atoms with van der Waals surface area (Å²) in [6.07, 6.45) is 0.745. The van der Waals surface area contributed by atoms with Crippen LogP contribution >= 0.6 is 0 Å². The molecule has 24 heavy (non-hydrogen) atoms. The first kappa shape index (κ1) is 17.1. The van der Waals surface area contributed by atoms with E-state index in [1.807, 2.05) is 6.92 Å². The molecule has 0 atom stereocenters. The minimum absolute atomic E-state index is 0.0819. The number of nitrogens with one attached hydrogen (secondary N) is 1. The summed E-state index contributed by atoms with van der Waals surface area (Å²) in [6, 6.07) is 11.6. The largest absolute Gasteiger partial charge is 0.462 e. The van der Waals surface area contributed by atoms with Crippen molar-refractivity contribution in [1.82, 2.24) is 0 Å². The van der Waals surface area contributed by atoms with Crippen LogP contribution in [-0.4, -0.2) is 23.4 Å². The number of nitro benzene ring substituents is 1. The highest BCUT2D eigenvalue weighted by Gasteiger charge is 2.11. The van der Waals surface area contributed by atoms with Gasteiger partial charge in [-0.05, 0) is 42.8 Å². The zero-order valence-corrected chi connectivity index (χ0v) is 13.0. The standard InChI is InChI=1S/C17H16N2O5/c1-2-11-24-17(21)13-3-7-14(8-4-13)18-16(20)12-5-9-15(10-6-12)19(22)23/h3-10H,2,11H2,1H3,(H,18,20). The molecule has 2 aromatic carbocycles. The van der Waals surface area contributed by atoms with Crippen LogP contribution < -0.4 is 5.32 Å². The van der Waals surface area contributed by atoms with Gasteiger partial charge in [0, 0.05) is 23.4 Å². The van der Waals surface area contributed by atoms with E-state index < -0.39 is 16.8 Å². The molecule has 0 saturated heterocycles. The zero-order chi connectivity index (χ0) is 17.5. The van der Waals surface area contributed by atoms with Gasteiger partial charge >= 0.3 is 5.97 Å². The molecule has 1 amide bonds. The Balaban J connectivity index is 2.01. The van der Waals surface area contributed by atoms with Crippen molar-refractivity contribution in [2.45, 2.75) is 13.3 Å². The van der Waals surface area contributed by atoms with E-state index in [-0.39, 0.29) is 5.69 Å². The van der Waals surface area contributed by atoms with Gasteiger partial charge in [-0.1, -0.05) is 6.92 Å². The number of anilines is 1. The highest BCUT2D eigenvalue weighted by Crippen LogP contribution is 2.15. The third-order valence-corrected chi connectivity index (χ3v) is 3.16. The quantitative estimate of drug-likeness (QED) is 0.498. The number of hydrogen-bond donors (Lipinski definition) is 1. The highest BCUT2D eigenvalue weighted by molar-refractivity contribution is 6.04. The fourth-order valence-electron chi connectivity index (χ4n) is 1.91. The average molecular weight is 328 g/mol. The number of carbonyl (C=O) groups is 2. The molecule has 0 bridgehead atoms. The normalized spacial score (nSPS) is 10.0. The second kappa shape index (κ2) is 7.87. The molecule has 2 rings (SSSR count). The number of carbonyl (C=O) groups excluding carboxylic acids is 2. The first-order valence-electron chi connectivity index (χ1n) is 7.34. The molecule has 2 aromatic rings. The number of esters is 1. The molecule has 0 heterocycles. The van der Waals surface area contributed by atoms with Gasteiger partial charge in [0.05, 0.1) is 17.1 Å². The lowest BCUT2D eigenvalue weighted by molar-refractivity contribution is -0.384. The molecule has 7 nitrogen and oxygen atoms in total. The Bertz CT molecular complexity index is 739. The highest BCUT2D eigenvalue weighted by atomic mass is 16.6. The van der Waals surface area contributed by atoms with Crippen molar-refractivity contribution < 1.29 is 19.2 Å². The second-order valence-electron chi connectivity index (χ2n) is 4.97. The Kier molecular flexibility index (Phi) is 5.62. The van der Waals surface area contributed by atoms with E-state index in [2.05, 4.69) is 5.32 Å². The Morgan fingerprint density at radius 1 is 1.04 bits per heavy atom. The summed E-state index contributed by atoms with van der Waals surface area (Å²) in [5.41, 5.74) is 1.12. The van der Waals surface area contributed by atoms with Crippen LogP contribution in [0, 0.1) is 10.1 Å². The van der Waals surface area contributed by atoms with Crippen molar-refractivity contribution in [2.24, 2.45) is 0 Å². The molecule has 0 aromatic heterocycles. The second-order valence-corrected chi connectivity index (χ2v) is 4.97. The lowest BCUT2D eigenvalue weighted by Gasteiger charge is -2.07. The predicted octanol–water partition coefficient (Wildman–Crippen LogP) is 3.41. The van der Waals surface area contributed by atoms with Crippen LogP contribution in [0.25, 0.3) is 0 Å². The number of nitrogens with zero attached hydrogens (tertiary/aromatic N) is 1. The van der Waals surface area contributed by atoms with E-state index in [1.54, 1.807) is 24.3 Å². The molecule has 0 aliphatic heterocycles. The maximum absolute atomic E-state index is 12.1. The molecule has 0 unspecified atom stereocenters. The Labute approximate surface area is 138 Å². The molecule has 0 saturated carbocycles. The SMILES string of the molecule is CCCOC(=O)c1ccc(NC(=O)c2ccc([N+](=O)[O-])cc2)cc1. The monoisotopic (exact) mass is 328 g/mol. The minimum Gasteiger partial charge on any atom is -0.462 e. The van der Waals surface area contributed by atoms with Crippen molar-refractivity contribution in [1.29, 1.82) is 0 Å². The summed E-state index contributed by atoms with van der Waals surface area (Å²) < 4.78 is 5.02. The van der Waals surface area contributed by atoms with E-state index >= 15 is 0 Å². The lowest BCUT2D eigenvalue weighted by atomic mass is 10.1. The average Bonchev–Trinajstić information content (AvgIpc) is 2.60. The van der Waals surface area contributed by atoms with Gasteiger partial charge in [0.25, 0.3) is 11.6 Å². The molecule has 124 valence electrons. The van der Waals surface area contributed by atoms with Gasteiger partial charge in [-0.25, -0.2) is 4.79 Å². The smallest absolute Gasteiger partial charge is 0.338 e. The van der Waals surface area contributed by atoms with E-state index in [9.17, 15) is 19.7 Å². The fraction of sp³-hybridized carbons (Fsp3) is 0.176.